The van der Waals surface area contributed by atoms with Crippen LogP contribution in [0.1, 0.15) is 10.4 Å². The Kier molecular flexibility index (Phi) is 4.71. The molecule has 0 aliphatic carbocycles. The minimum Gasteiger partial charge on any atom is -0.494 e. The SMILES string of the molecule is COc1cc(NC(=O)CN)ccc1NC(=O)c1ccc2c(c1)OCO2. The minimum absolute atomic E-state index is 0.120. The van der Waals surface area contributed by atoms with Crippen LogP contribution in [-0.4, -0.2) is 32.3 Å². The molecule has 0 saturated carbocycles. The van der Waals surface area contributed by atoms with Crippen LogP contribution in [0, 0.1) is 0 Å². The van der Waals surface area contributed by atoms with Gasteiger partial charge >= 0.3 is 0 Å². The predicted octanol–water partition coefficient (Wildman–Crippen LogP) is 1.57. The number of amides is 2. The number of fused-ring (bicyclic) bond motifs is 1. The van der Waals surface area contributed by atoms with E-state index < -0.39 is 0 Å². The van der Waals surface area contributed by atoms with E-state index in [-0.39, 0.29) is 25.2 Å². The molecule has 2 amide bonds. The summed E-state index contributed by atoms with van der Waals surface area (Å²) in [5, 5.41) is 5.39. The Morgan fingerprint density at radius 3 is 2.68 bits per heavy atom. The second-order valence-corrected chi connectivity index (χ2v) is 5.19. The van der Waals surface area contributed by atoms with Crippen molar-refractivity contribution in [2.75, 3.05) is 31.1 Å². The maximum Gasteiger partial charge on any atom is 0.255 e. The average Bonchev–Trinajstić information content (AvgIpc) is 3.10. The topological polar surface area (TPSA) is 112 Å². The molecule has 0 fully saturated rings. The van der Waals surface area contributed by atoms with E-state index in [1.54, 1.807) is 36.4 Å². The van der Waals surface area contributed by atoms with Crippen LogP contribution >= 0.6 is 0 Å². The standard InChI is InChI=1S/C17H17N3O5/c1-23-14-7-11(19-16(21)8-18)3-4-12(14)20-17(22)10-2-5-13-15(6-10)25-9-24-13/h2-7H,8-9,18H2,1H3,(H,19,21)(H,20,22). The Hall–Kier alpha value is -3.26. The predicted molar refractivity (Wildman–Crippen MR) is 91.2 cm³/mol. The van der Waals surface area contributed by atoms with Crippen molar-refractivity contribution >= 4 is 23.2 Å². The van der Waals surface area contributed by atoms with Crippen molar-refractivity contribution in [3.63, 3.8) is 0 Å². The van der Waals surface area contributed by atoms with Crippen LogP contribution in [0.2, 0.25) is 0 Å². The highest BCUT2D eigenvalue weighted by Gasteiger charge is 2.17. The number of nitrogens with two attached hydrogens (primary N) is 1. The number of hydrogen-bond donors (Lipinski definition) is 3. The van der Waals surface area contributed by atoms with Gasteiger partial charge in [-0.1, -0.05) is 0 Å². The number of rotatable bonds is 5. The highest BCUT2D eigenvalue weighted by molar-refractivity contribution is 6.05. The van der Waals surface area contributed by atoms with Gasteiger partial charge in [0.25, 0.3) is 5.91 Å². The maximum atomic E-state index is 12.4. The molecule has 0 saturated heterocycles. The molecule has 1 heterocycles. The number of methoxy groups -OCH3 is 1. The summed E-state index contributed by atoms with van der Waals surface area (Å²) in [6.45, 7) is 0.0229. The van der Waals surface area contributed by atoms with E-state index in [1.165, 1.54) is 7.11 Å². The molecule has 1 aliphatic heterocycles. The molecule has 2 aromatic rings. The van der Waals surface area contributed by atoms with Crippen LogP contribution in [0.15, 0.2) is 36.4 Å². The van der Waals surface area contributed by atoms with E-state index >= 15 is 0 Å². The molecule has 0 spiro atoms. The van der Waals surface area contributed by atoms with Crippen LogP contribution in [0.3, 0.4) is 0 Å². The minimum atomic E-state index is -0.324. The molecule has 0 aromatic heterocycles. The first-order valence-corrected chi connectivity index (χ1v) is 7.49. The highest BCUT2D eigenvalue weighted by Crippen LogP contribution is 2.33. The Balaban J connectivity index is 1.77. The Morgan fingerprint density at radius 2 is 1.92 bits per heavy atom. The van der Waals surface area contributed by atoms with E-state index in [0.717, 1.165) is 0 Å². The van der Waals surface area contributed by atoms with Gasteiger partial charge in [-0.2, -0.15) is 0 Å². The number of carbonyl (C=O) groups excluding carboxylic acids is 2. The number of hydrogen-bond acceptors (Lipinski definition) is 6. The molecule has 0 atom stereocenters. The summed E-state index contributed by atoms with van der Waals surface area (Å²) in [5.41, 5.74) is 6.68. The molecule has 8 nitrogen and oxygen atoms in total. The van der Waals surface area contributed by atoms with Gasteiger partial charge in [-0.3, -0.25) is 9.59 Å². The van der Waals surface area contributed by atoms with Crippen molar-refractivity contribution < 1.29 is 23.8 Å². The third-order valence-corrected chi connectivity index (χ3v) is 3.55. The third-order valence-electron chi connectivity index (χ3n) is 3.55. The Labute approximate surface area is 143 Å². The van der Waals surface area contributed by atoms with Crippen molar-refractivity contribution in [1.29, 1.82) is 0 Å². The first-order valence-electron chi connectivity index (χ1n) is 7.49. The first-order chi connectivity index (χ1) is 12.1. The summed E-state index contributed by atoms with van der Waals surface area (Å²) >= 11 is 0. The third kappa shape index (κ3) is 3.64. The van der Waals surface area contributed by atoms with Gasteiger partial charge in [-0.15, -0.1) is 0 Å². The monoisotopic (exact) mass is 343 g/mol. The molecule has 25 heavy (non-hydrogen) atoms. The second-order valence-electron chi connectivity index (χ2n) is 5.19. The molecule has 0 radical (unpaired) electrons. The molecule has 8 heteroatoms. The number of ether oxygens (including phenoxy) is 3. The largest absolute Gasteiger partial charge is 0.494 e. The lowest BCUT2D eigenvalue weighted by atomic mass is 10.1. The van der Waals surface area contributed by atoms with Crippen molar-refractivity contribution in [3.8, 4) is 17.2 Å². The number of nitrogens with one attached hydrogen (secondary N) is 2. The Bertz CT molecular complexity index is 822. The van der Waals surface area contributed by atoms with Gasteiger partial charge in [-0.25, -0.2) is 0 Å². The smallest absolute Gasteiger partial charge is 0.255 e. The van der Waals surface area contributed by atoms with Crippen LogP contribution in [0.25, 0.3) is 0 Å². The normalized spacial score (nSPS) is 11.8. The molecular weight excluding hydrogens is 326 g/mol. The molecule has 2 aromatic carbocycles. The lowest BCUT2D eigenvalue weighted by Crippen LogP contribution is -2.21. The summed E-state index contributed by atoms with van der Waals surface area (Å²) in [6.07, 6.45) is 0. The molecule has 4 N–H and O–H groups in total. The van der Waals surface area contributed by atoms with E-state index in [1.807, 2.05) is 0 Å². The van der Waals surface area contributed by atoms with Gasteiger partial charge in [0.2, 0.25) is 12.7 Å². The van der Waals surface area contributed by atoms with Gasteiger partial charge in [0, 0.05) is 17.3 Å². The van der Waals surface area contributed by atoms with Crippen LogP contribution in [-0.2, 0) is 4.79 Å². The van der Waals surface area contributed by atoms with E-state index in [4.69, 9.17) is 19.9 Å². The number of benzene rings is 2. The van der Waals surface area contributed by atoms with Crippen molar-refractivity contribution in [2.24, 2.45) is 5.73 Å². The van der Waals surface area contributed by atoms with Crippen molar-refractivity contribution in [2.45, 2.75) is 0 Å². The molecule has 0 unspecified atom stereocenters. The van der Waals surface area contributed by atoms with Crippen LogP contribution in [0.5, 0.6) is 17.2 Å². The van der Waals surface area contributed by atoms with E-state index in [0.29, 0.717) is 34.2 Å². The molecular formula is C17H17N3O5. The number of carbonyl (C=O) groups is 2. The fraction of sp³-hybridized carbons (Fsp3) is 0.176. The summed E-state index contributed by atoms with van der Waals surface area (Å²) < 4.78 is 15.8. The maximum absolute atomic E-state index is 12.4. The van der Waals surface area contributed by atoms with Gasteiger partial charge in [0.05, 0.1) is 19.3 Å². The first kappa shape index (κ1) is 16.6. The zero-order valence-electron chi connectivity index (χ0n) is 13.5. The zero-order valence-corrected chi connectivity index (χ0v) is 13.5. The summed E-state index contributed by atoms with van der Waals surface area (Å²) in [5.74, 6) is 0.895. The molecule has 3 rings (SSSR count). The fourth-order valence-electron chi connectivity index (χ4n) is 2.32. The highest BCUT2D eigenvalue weighted by atomic mass is 16.7. The van der Waals surface area contributed by atoms with Gasteiger partial charge in [0.15, 0.2) is 11.5 Å². The van der Waals surface area contributed by atoms with Gasteiger partial charge in [-0.05, 0) is 30.3 Å². The summed E-state index contributed by atoms with van der Waals surface area (Å²) in [4.78, 5) is 23.8. The summed E-state index contributed by atoms with van der Waals surface area (Å²) in [6, 6.07) is 9.81. The van der Waals surface area contributed by atoms with Crippen LogP contribution in [0.4, 0.5) is 11.4 Å². The van der Waals surface area contributed by atoms with Crippen molar-refractivity contribution in [3.05, 3.63) is 42.0 Å². The molecule has 130 valence electrons. The zero-order chi connectivity index (χ0) is 17.8. The second kappa shape index (κ2) is 7.10. The van der Waals surface area contributed by atoms with Crippen molar-refractivity contribution in [1.82, 2.24) is 0 Å². The molecule has 0 bridgehead atoms. The average molecular weight is 343 g/mol. The fourth-order valence-corrected chi connectivity index (χ4v) is 2.32. The summed E-state index contributed by atoms with van der Waals surface area (Å²) in [7, 11) is 1.47. The quantitative estimate of drug-likeness (QED) is 0.760. The lowest BCUT2D eigenvalue weighted by Gasteiger charge is -2.12. The van der Waals surface area contributed by atoms with Gasteiger partial charge in [0.1, 0.15) is 5.75 Å². The van der Waals surface area contributed by atoms with E-state index in [2.05, 4.69) is 10.6 Å². The van der Waals surface area contributed by atoms with Gasteiger partial charge < -0.3 is 30.6 Å². The number of anilines is 2. The Morgan fingerprint density at radius 1 is 1.12 bits per heavy atom. The van der Waals surface area contributed by atoms with Crippen LogP contribution < -0.4 is 30.6 Å². The van der Waals surface area contributed by atoms with E-state index in [9.17, 15) is 9.59 Å². The molecule has 1 aliphatic rings. The lowest BCUT2D eigenvalue weighted by molar-refractivity contribution is -0.114.